The highest BCUT2D eigenvalue weighted by Gasteiger charge is 2.09. The summed E-state index contributed by atoms with van der Waals surface area (Å²) in [5.74, 6) is 2.22. The lowest BCUT2D eigenvalue weighted by molar-refractivity contribution is 0.0734. The molecule has 0 atom stereocenters. The largest absolute Gasteiger partial charge is 0.494 e. The summed E-state index contributed by atoms with van der Waals surface area (Å²) in [6.45, 7) is 7.92. The van der Waals surface area contributed by atoms with E-state index in [1.54, 1.807) is 48.5 Å². The molecule has 0 radical (unpaired) electrons. The molecule has 0 aliphatic carbocycles. The Morgan fingerprint density at radius 2 is 1.22 bits per heavy atom. The van der Waals surface area contributed by atoms with Crippen molar-refractivity contribution in [1.82, 2.24) is 0 Å². The van der Waals surface area contributed by atoms with Gasteiger partial charge in [-0.1, -0.05) is 40.0 Å². The monoisotopic (exact) mass is 488 g/mol. The van der Waals surface area contributed by atoms with Crippen LogP contribution in [0.1, 0.15) is 63.2 Å². The molecule has 0 saturated heterocycles. The zero-order valence-corrected chi connectivity index (χ0v) is 21.5. The van der Waals surface area contributed by atoms with Crippen molar-refractivity contribution >= 4 is 17.3 Å². The van der Waals surface area contributed by atoms with E-state index in [4.69, 9.17) is 14.2 Å². The van der Waals surface area contributed by atoms with Gasteiger partial charge in [-0.15, -0.1) is 0 Å². The van der Waals surface area contributed by atoms with Crippen molar-refractivity contribution in [2.45, 2.75) is 52.9 Å². The van der Waals surface area contributed by atoms with Crippen LogP contribution in [0.3, 0.4) is 0 Å². The minimum atomic E-state index is -0.422. The van der Waals surface area contributed by atoms with Crippen molar-refractivity contribution in [2.24, 2.45) is 16.1 Å². The molecule has 6 heteroatoms. The van der Waals surface area contributed by atoms with Crippen LogP contribution in [0.4, 0.5) is 11.4 Å². The van der Waals surface area contributed by atoms with Gasteiger partial charge in [-0.05, 0) is 91.6 Å². The van der Waals surface area contributed by atoms with E-state index in [0.717, 1.165) is 30.0 Å². The predicted molar refractivity (Wildman–Crippen MR) is 143 cm³/mol. The summed E-state index contributed by atoms with van der Waals surface area (Å²) in [4.78, 5) is 12.5. The van der Waals surface area contributed by atoms with Crippen LogP contribution in [0.5, 0.6) is 17.2 Å². The number of benzene rings is 3. The molecule has 3 aromatic rings. The number of azo groups is 1. The normalized spacial score (nSPS) is 11.1. The second-order valence-electron chi connectivity index (χ2n) is 9.04. The van der Waals surface area contributed by atoms with E-state index in [-0.39, 0.29) is 0 Å². The van der Waals surface area contributed by atoms with Gasteiger partial charge in [0.15, 0.2) is 0 Å². The Bertz CT molecular complexity index is 1080. The molecule has 0 spiro atoms. The van der Waals surface area contributed by atoms with Gasteiger partial charge >= 0.3 is 5.97 Å². The maximum atomic E-state index is 12.5. The van der Waals surface area contributed by atoms with Gasteiger partial charge < -0.3 is 14.2 Å². The molecule has 6 nitrogen and oxygen atoms in total. The summed E-state index contributed by atoms with van der Waals surface area (Å²) in [5, 5.41) is 8.51. The molecule has 0 saturated carbocycles. The van der Waals surface area contributed by atoms with Crippen molar-refractivity contribution in [2.75, 3.05) is 13.2 Å². The fourth-order valence-electron chi connectivity index (χ4n) is 3.29. The van der Waals surface area contributed by atoms with Gasteiger partial charge in [-0.2, -0.15) is 10.2 Å². The van der Waals surface area contributed by atoms with Crippen LogP contribution in [0.2, 0.25) is 0 Å². The van der Waals surface area contributed by atoms with Gasteiger partial charge in [0.1, 0.15) is 17.2 Å². The Morgan fingerprint density at radius 3 is 1.78 bits per heavy atom. The molecule has 0 bridgehead atoms. The summed E-state index contributed by atoms with van der Waals surface area (Å²) in [7, 11) is 0. The van der Waals surface area contributed by atoms with Crippen LogP contribution >= 0.6 is 0 Å². The number of nitrogens with zero attached hydrogens (tertiary/aromatic N) is 2. The summed E-state index contributed by atoms with van der Waals surface area (Å²) < 4.78 is 16.9. The van der Waals surface area contributed by atoms with E-state index in [0.29, 0.717) is 36.1 Å². The molecule has 0 amide bonds. The lowest BCUT2D eigenvalue weighted by Crippen LogP contribution is -2.08. The number of rotatable bonds is 14. The van der Waals surface area contributed by atoms with E-state index in [2.05, 4.69) is 31.0 Å². The third-order valence-electron chi connectivity index (χ3n) is 5.49. The van der Waals surface area contributed by atoms with E-state index in [1.807, 2.05) is 24.3 Å². The van der Waals surface area contributed by atoms with Crippen LogP contribution < -0.4 is 14.2 Å². The Kier molecular flexibility index (Phi) is 11.0. The first-order valence-electron chi connectivity index (χ1n) is 12.7. The molecular weight excluding hydrogens is 452 g/mol. The number of hydrogen-bond donors (Lipinski definition) is 0. The number of hydrogen-bond acceptors (Lipinski definition) is 6. The fourth-order valence-corrected chi connectivity index (χ4v) is 3.29. The highest BCUT2D eigenvalue weighted by atomic mass is 16.5. The molecule has 190 valence electrons. The number of ether oxygens (including phenoxy) is 3. The van der Waals surface area contributed by atoms with Crippen LogP contribution in [-0.4, -0.2) is 19.2 Å². The number of unbranched alkanes of at least 4 members (excludes halogenated alkanes) is 3. The Morgan fingerprint density at radius 1 is 0.694 bits per heavy atom. The molecule has 0 heterocycles. The summed E-state index contributed by atoms with van der Waals surface area (Å²) in [5.41, 5.74) is 1.86. The van der Waals surface area contributed by atoms with Crippen LogP contribution in [-0.2, 0) is 0 Å². The molecule has 0 unspecified atom stereocenters. The smallest absolute Gasteiger partial charge is 0.343 e. The highest BCUT2D eigenvalue weighted by Crippen LogP contribution is 2.24. The summed E-state index contributed by atoms with van der Waals surface area (Å²) in [6, 6.07) is 21.5. The first kappa shape index (κ1) is 26.9. The second-order valence-corrected chi connectivity index (χ2v) is 9.04. The van der Waals surface area contributed by atoms with Gasteiger partial charge in [-0.25, -0.2) is 4.79 Å². The van der Waals surface area contributed by atoms with E-state index in [9.17, 15) is 4.79 Å². The lowest BCUT2D eigenvalue weighted by atomic mass is 10.1. The third kappa shape index (κ3) is 9.53. The van der Waals surface area contributed by atoms with Crippen LogP contribution in [0, 0.1) is 5.92 Å². The molecule has 3 aromatic carbocycles. The zero-order valence-electron chi connectivity index (χ0n) is 21.5. The maximum Gasteiger partial charge on any atom is 0.343 e. The van der Waals surface area contributed by atoms with Crippen molar-refractivity contribution in [3.63, 3.8) is 0 Å². The van der Waals surface area contributed by atoms with Gasteiger partial charge in [0, 0.05) is 0 Å². The van der Waals surface area contributed by atoms with Crippen molar-refractivity contribution < 1.29 is 19.0 Å². The topological polar surface area (TPSA) is 69.5 Å². The van der Waals surface area contributed by atoms with Gasteiger partial charge in [0.2, 0.25) is 0 Å². The molecule has 3 rings (SSSR count). The average Bonchev–Trinajstić information content (AvgIpc) is 2.89. The molecule has 0 aliphatic rings. The minimum absolute atomic E-state index is 0.422. The summed E-state index contributed by atoms with van der Waals surface area (Å²) >= 11 is 0. The second kappa shape index (κ2) is 14.7. The Hall–Kier alpha value is -3.67. The number of carbonyl (C=O) groups excluding carboxylic acids is 1. The SMILES string of the molecule is CCCCCCOc1ccc(C(=O)Oc2ccc(N=Nc3ccc(OCCC(C)C)cc3)cc2)cc1. The van der Waals surface area contributed by atoms with E-state index >= 15 is 0 Å². The van der Waals surface area contributed by atoms with Gasteiger partial charge in [0.05, 0.1) is 30.2 Å². The maximum absolute atomic E-state index is 12.5. The van der Waals surface area contributed by atoms with Crippen molar-refractivity contribution in [1.29, 1.82) is 0 Å². The fraction of sp³-hybridized carbons (Fsp3) is 0.367. The quantitative estimate of drug-likeness (QED) is 0.0984. The molecule has 0 aromatic heterocycles. The molecule has 0 aliphatic heterocycles. The first-order chi connectivity index (χ1) is 17.5. The number of esters is 1. The Balaban J connectivity index is 1.46. The average molecular weight is 489 g/mol. The molecule has 0 fully saturated rings. The summed E-state index contributed by atoms with van der Waals surface area (Å²) in [6.07, 6.45) is 5.65. The van der Waals surface area contributed by atoms with Crippen LogP contribution in [0.25, 0.3) is 0 Å². The highest BCUT2D eigenvalue weighted by molar-refractivity contribution is 5.91. The molecule has 36 heavy (non-hydrogen) atoms. The predicted octanol–water partition coefficient (Wildman–Crippen LogP) is 8.71. The Labute approximate surface area is 214 Å². The standard InChI is InChI=1S/C30H36N2O4/c1-4-5-6-7-21-34-27-14-8-24(9-15-27)30(33)36-29-18-12-26(13-19-29)32-31-25-10-16-28(17-11-25)35-22-20-23(2)3/h8-19,23H,4-7,20-22H2,1-3H3. The lowest BCUT2D eigenvalue weighted by Gasteiger charge is -2.08. The zero-order chi connectivity index (χ0) is 25.6. The van der Waals surface area contributed by atoms with Crippen molar-refractivity contribution in [3.05, 3.63) is 78.4 Å². The van der Waals surface area contributed by atoms with Gasteiger partial charge in [0.25, 0.3) is 0 Å². The minimum Gasteiger partial charge on any atom is -0.494 e. The van der Waals surface area contributed by atoms with Crippen LogP contribution in [0.15, 0.2) is 83.0 Å². The molecule has 0 N–H and O–H groups in total. The number of carbonyl (C=O) groups is 1. The van der Waals surface area contributed by atoms with E-state index in [1.165, 1.54) is 19.3 Å². The molecular formula is C30H36N2O4. The first-order valence-corrected chi connectivity index (χ1v) is 12.7. The van der Waals surface area contributed by atoms with Crippen molar-refractivity contribution in [3.8, 4) is 17.2 Å². The van der Waals surface area contributed by atoms with Gasteiger partial charge in [-0.3, -0.25) is 0 Å². The van der Waals surface area contributed by atoms with E-state index < -0.39 is 5.97 Å². The third-order valence-corrected chi connectivity index (χ3v) is 5.49.